The second-order valence-corrected chi connectivity index (χ2v) is 5.30. The van der Waals surface area contributed by atoms with Gasteiger partial charge in [-0.1, -0.05) is 29.8 Å². The first-order valence-corrected chi connectivity index (χ1v) is 7.23. The average molecular weight is 329 g/mol. The number of ether oxygens (including phenoxy) is 1. The van der Waals surface area contributed by atoms with E-state index in [0.717, 1.165) is 0 Å². The number of hydrazine groups is 1. The fourth-order valence-corrected chi connectivity index (χ4v) is 2.47. The van der Waals surface area contributed by atoms with E-state index < -0.39 is 11.8 Å². The van der Waals surface area contributed by atoms with Crippen LogP contribution in [0.2, 0.25) is 5.02 Å². The molecule has 6 heteroatoms. The van der Waals surface area contributed by atoms with Crippen molar-refractivity contribution < 1.29 is 14.3 Å². The summed E-state index contributed by atoms with van der Waals surface area (Å²) < 4.78 is 5.23. The number of nitrogens with zero attached hydrogens (tertiary/aromatic N) is 1. The van der Waals surface area contributed by atoms with Crippen molar-refractivity contribution >= 4 is 35.2 Å². The summed E-state index contributed by atoms with van der Waals surface area (Å²) in [6.45, 7) is 0. The van der Waals surface area contributed by atoms with Gasteiger partial charge >= 0.3 is 0 Å². The van der Waals surface area contributed by atoms with Crippen LogP contribution in [0.15, 0.2) is 54.1 Å². The van der Waals surface area contributed by atoms with Crippen LogP contribution in [0.1, 0.15) is 5.56 Å². The van der Waals surface area contributed by atoms with E-state index in [2.05, 4.69) is 5.43 Å². The summed E-state index contributed by atoms with van der Waals surface area (Å²) in [7, 11) is 1.51. The number of rotatable bonds is 3. The Morgan fingerprint density at radius 1 is 1.13 bits per heavy atom. The Bertz CT molecular complexity index is 803. The number of benzene rings is 2. The molecule has 23 heavy (non-hydrogen) atoms. The minimum atomic E-state index is -0.471. The van der Waals surface area contributed by atoms with Gasteiger partial charge in [0.1, 0.15) is 11.3 Å². The summed E-state index contributed by atoms with van der Waals surface area (Å²) in [5, 5.41) is 1.70. The van der Waals surface area contributed by atoms with Gasteiger partial charge in [-0.15, -0.1) is 0 Å². The van der Waals surface area contributed by atoms with Gasteiger partial charge in [0.15, 0.2) is 0 Å². The van der Waals surface area contributed by atoms with Gasteiger partial charge in [0.25, 0.3) is 11.8 Å². The van der Waals surface area contributed by atoms with Crippen LogP contribution < -0.4 is 15.2 Å². The smallest absolute Gasteiger partial charge is 0.282 e. The molecule has 5 nitrogen and oxygen atoms in total. The van der Waals surface area contributed by atoms with Crippen molar-refractivity contribution in [3.05, 3.63) is 64.7 Å². The van der Waals surface area contributed by atoms with Crippen molar-refractivity contribution in [2.75, 3.05) is 12.1 Å². The van der Waals surface area contributed by atoms with Crippen molar-refractivity contribution in [2.24, 2.45) is 0 Å². The molecule has 1 saturated heterocycles. The van der Waals surface area contributed by atoms with Crippen molar-refractivity contribution in [1.29, 1.82) is 0 Å². The third kappa shape index (κ3) is 2.91. The van der Waals surface area contributed by atoms with E-state index in [-0.39, 0.29) is 5.57 Å². The molecule has 2 amide bonds. The first kappa shape index (κ1) is 15.1. The van der Waals surface area contributed by atoms with E-state index in [1.54, 1.807) is 42.5 Å². The molecule has 1 aliphatic heterocycles. The third-order valence-electron chi connectivity index (χ3n) is 3.40. The highest BCUT2D eigenvalue weighted by molar-refractivity contribution is 6.32. The summed E-state index contributed by atoms with van der Waals surface area (Å²) in [5.41, 5.74) is 3.72. The monoisotopic (exact) mass is 328 g/mol. The molecular weight excluding hydrogens is 316 g/mol. The lowest BCUT2D eigenvalue weighted by Crippen LogP contribution is -2.35. The van der Waals surface area contributed by atoms with E-state index in [0.29, 0.717) is 22.0 Å². The predicted molar refractivity (Wildman–Crippen MR) is 88.1 cm³/mol. The van der Waals surface area contributed by atoms with E-state index in [9.17, 15) is 9.59 Å². The molecule has 0 unspecified atom stereocenters. The maximum absolute atomic E-state index is 12.5. The Balaban J connectivity index is 1.99. The van der Waals surface area contributed by atoms with Crippen LogP contribution >= 0.6 is 11.6 Å². The predicted octanol–water partition coefficient (Wildman–Crippen LogP) is 2.81. The molecule has 0 spiro atoms. The van der Waals surface area contributed by atoms with Crippen LogP contribution in [0.25, 0.3) is 6.08 Å². The van der Waals surface area contributed by atoms with Gasteiger partial charge in [-0.3, -0.25) is 15.0 Å². The molecule has 0 aliphatic carbocycles. The zero-order valence-corrected chi connectivity index (χ0v) is 13.0. The van der Waals surface area contributed by atoms with Crippen molar-refractivity contribution in [2.45, 2.75) is 0 Å². The van der Waals surface area contributed by atoms with Gasteiger partial charge in [-0.2, -0.15) is 0 Å². The highest BCUT2D eigenvalue weighted by Crippen LogP contribution is 2.27. The lowest BCUT2D eigenvalue weighted by molar-refractivity contribution is -0.117. The molecule has 1 heterocycles. The molecule has 2 aromatic carbocycles. The highest BCUT2D eigenvalue weighted by atomic mass is 35.5. The molecular formula is C17H13ClN2O3. The standard InChI is InChI=1S/C17H13ClN2O3/c1-23-15-8-7-12(18)9-11(15)10-14-16(21)19-20(17(14)22)13-5-3-2-4-6-13/h2-10H,1H3,(H,19,21)/b14-10+. The molecule has 0 bridgehead atoms. The quantitative estimate of drug-likeness (QED) is 0.696. The molecule has 1 aliphatic rings. The van der Waals surface area contributed by atoms with Crippen LogP contribution in [-0.2, 0) is 9.59 Å². The molecule has 1 N–H and O–H groups in total. The van der Waals surface area contributed by atoms with Gasteiger partial charge < -0.3 is 4.74 Å². The summed E-state index contributed by atoms with van der Waals surface area (Å²) in [5.74, 6) is -0.371. The number of halogens is 1. The van der Waals surface area contributed by atoms with Crippen molar-refractivity contribution in [1.82, 2.24) is 5.43 Å². The minimum absolute atomic E-state index is 0.0226. The highest BCUT2D eigenvalue weighted by Gasteiger charge is 2.34. The second-order valence-electron chi connectivity index (χ2n) is 4.86. The zero-order chi connectivity index (χ0) is 16.4. The van der Waals surface area contributed by atoms with Gasteiger partial charge in [0.2, 0.25) is 0 Å². The van der Waals surface area contributed by atoms with Crippen LogP contribution in [0.4, 0.5) is 5.69 Å². The number of hydrogen-bond donors (Lipinski definition) is 1. The lowest BCUT2D eigenvalue weighted by atomic mass is 10.1. The van der Waals surface area contributed by atoms with Crippen LogP contribution in [0.3, 0.4) is 0 Å². The molecule has 0 saturated carbocycles. The maximum Gasteiger partial charge on any atom is 0.282 e. The number of anilines is 1. The summed E-state index contributed by atoms with van der Waals surface area (Å²) in [4.78, 5) is 24.6. The Hall–Kier alpha value is -2.79. The number of methoxy groups -OCH3 is 1. The molecule has 1 fully saturated rings. The topological polar surface area (TPSA) is 58.6 Å². The van der Waals surface area contributed by atoms with E-state index >= 15 is 0 Å². The number of carbonyl (C=O) groups excluding carboxylic acids is 2. The first-order chi connectivity index (χ1) is 11.1. The molecule has 0 radical (unpaired) electrons. The van der Waals surface area contributed by atoms with E-state index in [1.807, 2.05) is 6.07 Å². The van der Waals surface area contributed by atoms with E-state index in [4.69, 9.17) is 16.3 Å². The van der Waals surface area contributed by atoms with Gasteiger partial charge in [-0.25, -0.2) is 5.01 Å². The van der Waals surface area contributed by atoms with Gasteiger partial charge in [-0.05, 0) is 36.4 Å². The van der Waals surface area contributed by atoms with Crippen LogP contribution in [0.5, 0.6) is 5.75 Å². The summed E-state index contributed by atoms with van der Waals surface area (Å²) in [6.07, 6.45) is 1.48. The van der Waals surface area contributed by atoms with Crippen LogP contribution in [0, 0.1) is 0 Å². The number of carbonyl (C=O) groups is 2. The maximum atomic E-state index is 12.5. The number of nitrogens with one attached hydrogen (secondary N) is 1. The Kier molecular flexibility index (Phi) is 4.04. The average Bonchev–Trinajstić information content (AvgIpc) is 2.84. The van der Waals surface area contributed by atoms with Gasteiger partial charge in [0.05, 0.1) is 12.8 Å². The molecule has 2 aromatic rings. The Labute approximate surface area is 138 Å². The molecule has 0 aromatic heterocycles. The third-order valence-corrected chi connectivity index (χ3v) is 3.63. The fourth-order valence-electron chi connectivity index (χ4n) is 2.29. The largest absolute Gasteiger partial charge is 0.496 e. The fraction of sp³-hybridized carbons (Fsp3) is 0.0588. The summed E-state index contributed by atoms with van der Waals surface area (Å²) in [6, 6.07) is 13.9. The second kappa shape index (κ2) is 6.14. The number of hydrogen-bond acceptors (Lipinski definition) is 3. The molecule has 0 atom stereocenters. The normalized spacial score (nSPS) is 15.9. The lowest BCUT2D eigenvalue weighted by Gasteiger charge is -2.13. The Morgan fingerprint density at radius 3 is 2.57 bits per heavy atom. The SMILES string of the molecule is COc1ccc(Cl)cc1/C=C1\C(=O)NN(c2ccccc2)C1=O. The number of amides is 2. The van der Waals surface area contributed by atoms with Crippen molar-refractivity contribution in [3.8, 4) is 5.75 Å². The zero-order valence-electron chi connectivity index (χ0n) is 12.2. The molecule has 3 rings (SSSR count). The Morgan fingerprint density at radius 2 is 1.87 bits per heavy atom. The number of para-hydroxylation sites is 1. The van der Waals surface area contributed by atoms with E-state index in [1.165, 1.54) is 18.2 Å². The minimum Gasteiger partial charge on any atom is -0.496 e. The molecule has 116 valence electrons. The van der Waals surface area contributed by atoms with Crippen molar-refractivity contribution in [3.63, 3.8) is 0 Å². The van der Waals surface area contributed by atoms with Gasteiger partial charge in [0, 0.05) is 10.6 Å². The van der Waals surface area contributed by atoms with Crippen LogP contribution in [-0.4, -0.2) is 18.9 Å². The first-order valence-electron chi connectivity index (χ1n) is 6.86. The summed E-state index contributed by atoms with van der Waals surface area (Å²) >= 11 is 5.98.